The molecule has 0 heterocycles. The van der Waals surface area contributed by atoms with Crippen molar-refractivity contribution in [3.8, 4) is 5.75 Å². The van der Waals surface area contributed by atoms with Crippen LogP contribution >= 0.6 is 11.6 Å². The fourth-order valence-electron chi connectivity index (χ4n) is 1.85. The lowest BCUT2D eigenvalue weighted by atomic mass is 10.0. The Labute approximate surface area is 129 Å². The van der Waals surface area contributed by atoms with E-state index in [1.807, 2.05) is 13.8 Å². The first-order valence-electron chi connectivity index (χ1n) is 6.58. The van der Waals surface area contributed by atoms with Crippen LogP contribution in [0.5, 0.6) is 5.75 Å². The van der Waals surface area contributed by atoms with Crippen LogP contribution in [-0.4, -0.2) is 32.1 Å². The molecule has 0 aliphatic carbocycles. The van der Waals surface area contributed by atoms with Gasteiger partial charge in [-0.2, -0.15) is 0 Å². The number of amides is 1. The van der Waals surface area contributed by atoms with Gasteiger partial charge in [0.15, 0.2) is 0 Å². The molecule has 6 heteroatoms. The van der Waals surface area contributed by atoms with E-state index in [0.29, 0.717) is 10.8 Å². The Hall–Kier alpha value is -1.75. The number of nitrogens with one attached hydrogen (secondary N) is 1. The van der Waals surface area contributed by atoms with Gasteiger partial charge in [-0.1, -0.05) is 31.5 Å². The fraction of sp³-hybridized carbons (Fsp3) is 0.467. The zero-order valence-electron chi connectivity index (χ0n) is 12.6. The second kappa shape index (κ2) is 7.88. The highest BCUT2D eigenvalue weighted by Gasteiger charge is 2.24. The summed E-state index contributed by atoms with van der Waals surface area (Å²) in [6.07, 6.45) is 0.129. The normalized spacial score (nSPS) is 11.9. The van der Waals surface area contributed by atoms with Crippen molar-refractivity contribution in [2.45, 2.75) is 26.3 Å². The van der Waals surface area contributed by atoms with Crippen molar-refractivity contribution in [1.82, 2.24) is 5.32 Å². The van der Waals surface area contributed by atoms with Crippen LogP contribution in [0.3, 0.4) is 0 Å². The molecular weight excluding hydrogens is 294 g/mol. The van der Waals surface area contributed by atoms with Crippen molar-refractivity contribution in [2.24, 2.45) is 5.92 Å². The Morgan fingerprint density at radius 1 is 1.29 bits per heavy atom. The first-order chi connectivity index (χ1) is 9.88. The fourth-order valence-corrected chi connectivity index (χ4v) is 2.13. The summed E-state index contributed by atoms with van der Waals surface area (Å²) < 4.78 is 9.74. The maximum Gasteiger partial charge on any atom is 0.328 e. The number of carbonyl (C=O) groups excluding carboxylic acids is 2. The SMILES string of the molecule is COC(=O)[C@@H](NC(=O)Cc1ccc(OC)c(Cl)c1)C(C)C. The molecule has 1 aromatic rings. The lowest BCUT2D eigenvalue weighted by Gasteiger charge is -2.19. The second-order valence-electron chi connectivity index (χ2n) is 4.96. The summed E-state index contributed by atoms with van der Waals surface area (Å²) in [5, 5.41) is 3.12. The number of hydrogen-bond acceptors (Lipinski definition) is 4. The zero-order chi connectivity index (χ0) is 16.0. The van der Waals surface area contributed by atoms with E-state index in [1.54, 1.807) is 18.2 Å². The van der Waals surface area contributed by atoms with Gasteiger partial charge in [-0.25, -0.2) is 4.79 Å². The second-order valence-corrected chi connectivity index (χ2v) is 5.37. The Morgan fingerprint density at radius 3 is 2.43 bits per heavy atom. The lowest BCUT2D eigenvalue weighted by molar-refractivity contribution is -0.146. The van der Waals surface area contributed by atoms with Gasteiger partial charge in [0.25, 0.3) is 0 Å². The van der Waals surface area contributed by atoms with Crippen molar-refractivity contribution >= 4 is 23.5 Å². The molecule has 0 aliphatic rings. The molecule has 5 nitrogen and oxygen atoms in total. The molecule has 0 bridgehead atoms. The summed E-state index contributed by atoms with van der Waals surface area (Å²) in [5.74, 6) is -0.220. The van der Waals surface area contributed by atoms with E-state index >= 15 is 0 Å². The minimum atomic E-state index is -0.656. The summed E-state index contributed by atoms with van der Waals surface area (Å²) >= 11 is 6.01. The molecule has 1 atom stereocenters. The largest absolute Gasteiger partial charge is 0.495 e. The van der Waals surface area contributed by atoms with Crippen LogP contribution in [0.1, 0.15) is 19.4 Å². The molecule has 0 aromatic heterocycles. The van der Waals surface area contributed by atoms with Crippen molar-refractivity contribution < 1.29 is 19.1 Å². The Kier molecular flexibility index (Phi) is 6.49. The Bertz CT molecular complexity index is 516. The van der Waals surface area contributed by atoms with E-state index in [4.69, 9.17) is 16.3 Å². The first kappa shape index (κ1) is 17.3. The number of carbonyl (C=O) groups is 2. The smallest absolute Gasteiger partial charge is 0.328 e. The molecule has 0 saturated carbocycles. The number of benzene rings is 1. The van der Waals surface area contributed by atoms with Crippen LogP contribution in [0.15, 0.2) is 18.2 Å². The average Bonchev–Trinajstić information content (AvgIpc) is 2.44. The third-order valence-electron chi connectivity index (χ3n) is 3.02. The number of halogens is 1. The van der Waals surface area contributed by atoms with Crippen LogP contribution in [0.4, 0.5) is 0 Å². The molecule has 0 aliphatic heterocycles. The molecule has 0 saturated heterocycles. The van der Waals surface area contributed by atoms with Gasteiger partial charge in [0.2, 0.25) is 5.91 Å². The van der Waals surface area contributed by atoms with Gasteiger partial charge >= 0.3 is 5.97 Å². The number of rotatable bonds is 6. The van der Waals surface area contributed by atoms with Crippen molar-refractivity contribution in [1.29, 1.82) is 0 Å². The van der Waals surface area contributed by atoms with Crippen LogP contribution < -0.4 is 10.1 Å². The number of methoxy groups -OCH3 is 2. The standard InChI is InChI=1S/C15H20ClNO4/c1-9(2)14(15(19)21-4)17-13(18)8-10-5-6-12(20-3)11(16)7-10/h5-7,9,14H,8H2,1-4H3,(H,17,18)/t14-/m0/s1. The van der Waals surface area contributed by atoms with Gasteiger partial charge in [0.05, 0.1) is 25.7 Å². The molecule has 1 amide bonds. The van der Waals surface area contributed by atoms with E-state index in [1.165, 1.54) is 14.2 Å². The predicted molar refractivity (Wildman–Crippen MR) is 80.5 cm³/mol. The molecular formula is C15H20ClNO4. The highest BCUT2D eigenvalue weighted by Crippen LogP contribution is 2.25. The monoisotopic (exact) mass is 313 g/mol. The molecule has 0 spiro atoms. The van der Waals surface area contributed by atoms with Gasteiger partial charge in [0, 0.05) is 0 Å². The van der Waals surface area contributed by atoms with E-state index in [0.717, 1.165) is 5.56 Å². The van der Waals surface area contributed by atoms with Crippen LogP contribution in [0.2, 0.25) is 5.02 Å². The highest BCUT2D eigenvalue weighted by molar-refractivity contribution is 6.32. The number of esters is 1. The van der Waals surface area contributed by atoms with E-state index < -0.39 is 12.0 Å². The average molecular weight is 314 g/mol. The summed E-state index contributed by atoms with van der Waals surface area (Å²) in [7, 11) is 2.82. The minimum absolute atomic E-state index is 0.0548. The highest BCUT2D eigenvalue weighted by atomic mass is 35.5. The molecule has 1 aromatic carbocycles. The maximum absolute atomic E-state index is 12.0. The Morgan fingerprint density at radius 2 is 1.95 bits per heavy atom. The van der Waals surface area contributed by atoms with Gasteiger partial charge in [-0.05, 0) is 23.6 Å². The summed E-state index contributed by atoms with van der Waals surface area (Å²) in [4.78, 5) is 23.6. The minimum Gasteiger partial charge on any atom is -0.495 e. The predicted octanol–water partition coefficient (Wildman–Crippen LogP) is 2.20. The van der Waals surface area contributed by atoms with Crippen LogP contribution in [0, 0.1) is 5.92 Å². The maximum atomic E-state index is 12.0. The summed E-state index contributed by atoms with van der Waals surface area (Å²) in [6, 6.07) is 4.47. The quantitative estimate of drug-likeness (QED) is 0.818. The topological polar surface area (TPSA) is 64.6 Å². The molecule has 0 fully saturated rings. The Balaban J connectivity index is 2.72. The van der Waals surface area contributed by atoms with Gasteiger partial charge < -0.3 is 14.8 Å². The van der Waals surface area contributed by atoms with Gasteiger partial charge in [-0.15, -0.1) is 0 Å². The molecule has 1 rings (SSSR count). The number of ether oxygens (including phenoxy) is 2. The molecule has 1 N–H and O–H groups in total. The lowest BCUT2D eigenvalue weighted by Crippen LogP contribution is -2.45. The van der Waals surface area contributed by atoms with Gasteiger partial charge in [-0.3, -0.25) is 4.79 Å². The molecule has 0 unspecified atom stereocenters. The van der Waals surface area contributed by atoms with E-state index in [2.05, 4.69) is 10.1 Å². The summed E-state index contributed by atoms with van der Waals surface area (Å²) in [6.45, 7) is 3.68. The third-order valence-corrected chi connectivity index (χ3v) is 3.31. The third kappa shape index (κ3) is 4.93. The van der Waals surface area contributed by atoms with Crippen molar-refractivity contribution in [3.63, 3.8) is 0 Å². The van der Waals surface area contributed by atoms with E-state index in [-0.39, 0.29) is 18.2 Å². The zero-order valence-corrected chi connectivity index (χ0v) is 13.4. The van der Waals surface area contributed by atoms with Crippen LogP contribution in [0.25, 0.3) is 0 Å². The molecule has 0 radical (unpaired) electrons. The van der Waals surface area contributed by atoms with Crippen LogP contribution in [-0.2, 0) is 20.7 Å². The summed E-state index contributed by atoms with van der Waals surface area (Å²) in [5.41, 5.74) is 0.741. The van der Waals surface area contributed by atoms with E-state index in [9.17, 15) is 9.59 Å². The molecule has 21 heavy (non-hydrogen) atoms. The van der Waals surface area contributed by atoms with Crippen molar-refractivity contribution in [2.75, 3.05) is 14.2 Å². The van der Waals surface area contributed by atoms with Gasteiger partial charge in [0.1, 0.15) is 11.8 Å². The number of hydrogen-bond donors (Lipinski definition) is 1. The molecule has 116 valence electrons. The van der Waals surface area contributed by atoms with Crippen molar-refractivity contribution in [3.05, 3.63) is 28.8 Å². The first-order valence-corrected chi connectivity index (χ1v) is 6.96.